The Bertz CT molecular complexity index is 915. The first kappa shape index (κ1) is 16.5. The number of hydrogen-bond donors (Lipinski definition) is 2. The van der Waals surface area contributed by atoms with E-state index in [1.165, 1.54) is 0 Å². The summed E-state index contributed by atoms with van der Waals surface area (Å²) in [7, 11) is 0. The molecule has 0 saturated carbocycles. The van der Waals surface area contributed by atoms with Crippen LogP contribution in [0.4, 0.5) is 5.69 Å². The Morgan fingerprint density at radius 3 is 2.60 bits per heavy atom. The van der Waals surface area contributed by atoms with E-state index in [9.17, 15) is 5.11 Å². The Kier molecular flexibility index (Phi) is 4.45. The molecule has 2 N–H and O–H groups in total. The summed E-state index contributed by atoms with van der Waals surface area (Å²) in [4.78, 5) is 7.62. The quantitative estimate of drug-likeness (QED) is 0.583. The number of aromatic nitrogens is 1. The first-order chi connectivity index (χ1) is 12.1. The van der Waals surface area contributed by atoms with E-state index < -0.39 is 0 Å². The van der Waals surface area contributed by atoms with Crippen LogP contribution in [0.1, 0.15) is 22.7 Å². The summed E-state index contributed by atoms with van der Waals surface area (Å²) in [5, 5.41) is 14.3. The lowest BCUT2D eigenvalue weighted by Crippen LogP contribution is -2.29. The Morgan fingerprint density at radius 1 is 1.12 bits per heavy atom. The highest BCUT2D eigenvalue weighted by molar-refractivity contribution is 9.11. The van der Waals surface area contributed by atoms with Crippen molar-refractivity contribution >= 4 is 50.3 Å². The smallest absolute Gasteiger partial charge is 0.174 e. The number of thiophene rings is 1. The fourth-order valence-corrected chi connectivity index (χ4v) is 4.95. The number of benzene rings is 1. The monoisotopic (exact) mass is 431 g/mol. The largest absolute Gasteiger partial charge is 0.506 e. The Labute approximate surface area is 163 Å². The average Bonchev–Trinajstić information content (AvgIpc) is 3.19. The van der Waals surface area contributed by atoms with E-state index in [2.05, 4.69) is 32.3 Å². The van der Waals surface area contributed by atoms with Gasteiger partial charge in [0.15, 0.2) is 5.11 Å². The lowest BCUT2D eigenvalue weighted by atomic mass is 10.0. The van der Waals surface area contributed by atoms with Gasteiger partial charge in [0.1, 0.15) is 5.75 Å². The van der Waals surface area contributed by atoms with Gasteiger partial charge in [-0.3, -0.25) is 4.98 Å². The molecule has 0 aliphatic carbocycles. The van der Waals surface area contributed by atoms with Crippen LogP contribution in [0.25, 0.3) is 0 Å². The number of thiocarbonyl (C=S) groups is 1. The molecule has 3 aromatic rings. The molecule has 1 aliphatic heterocycles. The molecule has 1 saturated heterocycles. The van der Waals surface area contributed by atoms with Crippen LogP contribution < -0.4 is 10.2 Å². The fraction of sp³-hybridized carbons (Fsp3) is 0.111. The van der Waals surface area contributed by atoms with E-state index in [-0.39, 0.29) is 17.8 Å². The van der Waals surface area contributed by atoms with Gasteiger partial charge in [-0.05, 0) is 64.5 Å². The van der Waals surface area contributed by atoms with Crippen LogP contribution in [-0.2, 0) is 0 Å². The Hall–Kier alpha value is -1.96. The molecule has 2 aromatic heterocycles. The topological polar surface area (TPSA) is 48.4 Å². The Morgan fingerprint density at radius 2 is 1.92 bits per heavy atom. The predicted octanol–water partition coefficient (Wildman–Crippen LogP) is 4.79. The van der Waals surface area contributed by atoms with E-state index in [4.69, 9.17) is 12.2 Å². The van der Waals surface area contributed by atoms with Crippen LogP contribution in [0.5, 0.6) is 5.75 Å². The number of hydrogen-bond acceptors (Lipinski definition) is 4. The van der Waals surface area contributed by atoms with Crippen molar-refractivity contribution in [2.45, 2.75) is 12.1 Å². The van der Waals surface area contributed by atoms with Crippen LogP contribution in [0.15, 0.2) is 64.6 Å². The summed E-state index contributed by atoms with van der Waals surface area (Å²) in [6.45, 7) is 0. The number of phenols is 1. The molecule has 126 valence electrons. The normalized spacial score (nSPS) is 19.9. The summed E-state index contributed by atoms with van der Waals surface area (Å²) in [6.07, 6.45) is 1.78. The molecule has 0 bridgehead atoms. The van der Waals surface area contributed by atoms with Crippen molar-refractivity contribution in [3.63, 3.8) is 0 Å². The van der Waals surface area contributed by atoms with E-state index >= 15 is 0 Å². The minimum atomic E-state index is -0.0983. The minimum Gasteiger partial charge on any atom is -0.506 e. The van der Waals surface area contributed by atoms with Crippen molar-refractivity contribution in [3.8, 4) is 5.75 Å². The standard InChI is InChI=1S/C18H14BrN3OS2/c19-15-9-8-14(25-15)17-16(11-5-3-4-10-20-11)21-18(24)22(17)12-6-1-2-7-13(12)23/h1-10,16-17,23H,(H,21,24)/t16-,17-/m0/s1. The number of pyridine rings is 1. The van der Waals surface area contributed by atoms with Crippen molar-refractivity contribution in [2.24, 2.45) is 0 Å². The number of phenolic OH excluding ortho intramolecular Hbond substituents is 1. The molecule has 1 aromatic carbocycles. The lowest BCUT2D eigenvalue weighted by molar-refractivity contribution is 0.473. The number of nitrogens with one attached hydrogen (secondary N) is 1. The molecule has 0 spiro atoms. The van der Waals surface area contributed by atoms with Gasteiger partial charge in [-0.15, -0.1) is 11.3 Å². The van der Waals surface area contributed by atoms with E-state index in [0.29, 0.717) is 10.8 Å². The van der Waals surface area contributed by atoms with Gasteiger partial charge in [0.25, 0.3) is 0 Å². The van der Waals surface area contributed by atoms with Gasteiger partial charge < -0.3 is 15.3 Å². The van der Waals surface area contributed by atoms with Crippen molar-refractivity contribution < 1.29 is 5.11 Å². The maximum atomic E-state index is 10.4. The van der Waals surface area contributed by atoms with Gasteiger partial charge in [0.2, 0.25) is 0 Å². The van der Waals surface area contributed by atoms with Crippen LogP contribution >= 0.6 is 39.5 Å². The van der Waals surface area contributed by atoms with E-state index in [0.717, 1.165) is 14.4 Å². The number of nitrogens with zero attached hydrogens (tertiary/aromatic N) is 2. The number of anilines is 1. The van der Waals surface area contributed by atoms with Gasteiger partial charge in [-0.1, -0.05) is 18.2 Å². The van der Waals surface area contributed by atoms with Crippen molar-refractivity contribution in [1.82, 2.24) is 10.3 Å². The summed E-state index contributed by atoms with van der Waals surface area (Å²) in [5.74, 6) is 0.203. The first-order valence-electron chi connectivity index (χ1n) is 7.69. The molecular weight excluding hydrogens is 418 g/mol. The molecule has 1 aliphatic rings. The highest BCUT2D eigenvalue weighted by atomic mass is 79.9. The lowest BCUT2D eigenvalue weighted by Gasteiger charge is -2.27. The molecule has 4 rings (SSSR count). The molecule has 0 unspecified atom stereocenters. The number of halogens is 1. The zero-order valence-corrected chi connectivity index (χ0v) is 16.2. The summed E-state index contributed by atoms with van der Waals surface area (Å²) < 4.78 is 1.05. The van der Waals surface area contributed by atoms with Crippen LogP contribution in [0.2, 0.25) is 0 Å². The number of aromatic hydroxyl groups is 1. The summed E-state index contributed by atoms with van der Waals surface area (Å²) in [6, 6.07) is 17.0. The predicted molar refractivity (Wildman–Crippen MR) is 108 cm³/mol. The second-order valence-corrected chi connectivity index (χ2v) is 8.51. The Balaban J connectivity index is 1.85. The van der Waals surface area contributed by atoms with Crippen molar-refractivity contribution in [3.05, 3.63) is 75.2 Å². The number of rotatable bonds is 3. The second kappa shape index (κ2) is 6.74. The molecule has 3 heterocycles. The third-order valence-electron chi connectivity index (χ3n) is 4.12. The van der Waals surface area contributed by atoms with Crippen molar-refractivity contribution in [1.29, 1.82) is 0 Å². The maximum absolute atomic E-state index is 10.4. The van der Waals surface area contributed by atoms with Crippen LogP contribution in [-0.4, -0.2) is 15.2 Å². The van der Waals surface area contributed by atoms with Crippen LogP contribution in [0.3, 0.4) is 0 Å². The molecule has 0 amide bonds. The fourth-order valence-electron chi connectivity index (χ4n) is 3.06. The molecule has 2 atom stereocenters. The van der Waals surface area contributed by atoms with Crippen LogP contribution in [0, 0.1) is 0 Å². The summed E-state index contributed by atoms with van der Waals surface area (Å²) in [5.41, 5.74) is 1.60. The van der Waals surface area contributed by atoms with Gasteiger partial charge >= 0.3 is 0 Å². The van der Waals surface area contributed by atoms with Gasteiger partial charge in [-0.25, -0.2) is 0 Å². The third kappa shape index (κ3) is 3.03. The van der Waals surface area contributed by atoms with Gasteiger partial charge in [-0.2, -0.15) is 0 Å². The minimum absolute atomic E-state index is 0.0907. The molecule has 7 heteroatoms. The summed E-state index contributed by atoms with van der Waals surface area (Å²) >= 11 is 10.8. The first-order valence-corrected chi connectivity index (χ1v) is 9.71. The highest BCUT2D eigenvalue weighted by Crippen LogP contribution is 2.46. The van der Waals surface area contributed by atoms with E-state index in [1.54, 1.807) is 29.7 Å². The third-order valence-corrected chi connectivity index (χ3v) is 6.13. The highest BCUT2D eigenvalue weighted by Gasteiger charge is 2.42. The zero-order chi connectivity index (χ0) is 17.4. The maximum Gasteiger partial charge on any atom is 0.174 e. The van der Waals surface area contributed by atoms with Crippen molar-refractivity contribution in [2.75, 3.05) is 4.90 Å². The molecule has 0 radical (unpaired) electrons. The SMILES string of the molecule is Oc1ccccc1N1C(=S)N[C@@H](c2ccccn2)[C@@H]1c1ccc(Br)s1. The molecular formula is C18H14BrN3OS2. The second-order valence-electron chi connectivity index (χ2n) is 5.63. The molecule has 4 nitrogen and oxygen atoms in total. The molecule has 1 fully saturated rings. The molecule has 25 heavy (non-hydrogen) atoms. The zero-order valence-electron chi connectivity index (χ0n) is 13.0. The van der Waals surface area contributed by atoms with Gasteiger partial charge in [0.05, 0.1) is 27.3 Å². The van der Waals surface area contributed by atoms with Gasteiger partial charge in [0, 0.05) is 11.1 Å². The number of para-hydroxylation sites is 2. The average molecular weight is 432 g/mol. The van der Waals surface area contributed by atoms with E-state index in [1.807, 2.05) is 41.3 Å².